The van der Waals surface area contributed by atoms with E-state index < -0.39 is 21.6 Å². The molecule has 0 aliphatic rings. The molecule has 1 amide bonds. The normalized spacial score (nSPS) is 11.2. The minimum Gasteiger partial charge on any atom is -0.321 e. The minimum atomic E-state index is -3.49. The first kappa shape index (κ1) is 15.2. The van der Waals surface area contributed by atoms with Gasteiger partial charge in [0.05, 0.1) is 16.1 Å². The topological polar surface area (TPSA) is 63.2 Å². The molecule has 0 aliphatic carbocycles. The molecule has 0 aromatic heterocycles. The van der Waals surface area contributed by atoms with Gasteiger partial charge in [0.2, 0.25) is 0 Å². The monoisotopic (exact) mass is 307 g/mol. The molecule has 0 saturated carbocycles. The van der Waals surface area contributed by atoms with Crippen molar-refractivity contribution in [1.29, 1.82) is 0 Å². The van der Waals surface area contributed by atoms with Crippen LogP contribution < -0.4 is 5.32 Å². The number of aryl methyl sites for hydroxylation is 1. The number of carbonyl (C=O) groups is 1. The van der Waals surface area contributed by atoms with E-state index in [9.17, 15) is 17.6 Å². The Balaban J connectivity index is 2.39. The summed E-state index contributed by atoms with van der Waals surface area (Å²) in [5, 5.41) is 2.44. The van der Waals surface area contributed by atoms with Crippen LogP contribution in [0.25, 0.3) is 0 Å². The van der Waals surface area contributed by atoms with Crippen LogP contribution in [0.3, 0.4) is 0 Å². The number of hydrogen-bond donors (Lipinski definition) is 1. The molecule has 2 aromatic carbocycles. The van der Waals surface area contributed by atoms with Gasteiger partial charge in [0.15, 0.2) is 9.84 Å². The lowest BCUT2D eigenvalue weighted by molar-refractivity contribution is 0.102. The predicted octanol–water partition coefficient (Wildman–Crippen LogP) is 2.79. The fourth-order valence-electron chi connectivity index (χ4n) is 1.90. The lowest BCUT2D eigenvalue weighted by atomic mass is 10.1. The number of nitrogens with one attached hydrogen (secondary N) is 1. The summed E-state index contributed by atoms with van der Waals surface area (Å²) in [6, 6.07) is 10.2. The van der Waals surface area contributed by atoms with Gasteiger partial charge in [0.1, 0.15) is 5.82 Å². The molecule has 2 rings (SSSR count). The van der Waals surface area contributed by atoms with Crippen LogP contribution in [0.15, 0.2) is 47.4 Å². The number of hydrogen-bond acceptors (Lipinski definition) is 3. The molecule has 0 aliphatic heterocycles. The van der Waals surface area contributed by atoms with E-state index in [4.69, 9.17) is 0 Å². The van der Waals surface area contributed by atoms with Crippen molar-refractivity contribution in [3.05, 3.63) is 59.4 Å². The number of halogens is 1. The molecule has 2 aromatic rings. The summed E-state index contributed by atoms with van der Waals surface area (Å²) in [6.07, 6.45) is 1.05. The third-order valence-corrected chi connectivity index (χ3v) is 4.06. The average molecular weight is 307 g/mol. The zero-order valence-electron chi connectivity index (χ0n) is 11.6. The van der Waals surface area contributed by atoms with Crippen molar-refractivity contribution in [2.24, 2.45) is 0 Å². The number of para-hydroxylation sites is 1. The molecule has 21 heavy (non-hydrogen) atoms. The first-order valence-corrected chi connectivity index (χ1v) is 8.05. The van der Waals surface area contributed by atoms with Gasteiger partial charge in [0, 0.05) is 6.26 Å². The number of rotatable bonds is 3. The van der Waals surface area contributed by atoms with Crippen LogP contribution in [0.5, 0.6) is 0 Å². The summed E-state index contributed by atoms with van der Waals surface area (Å²) in [6.45, 7) is 1.74. The van der Waals surface area contributed by atoms with Gasteiger partial charge < -0.3 is 5.32 Å². The number of amides is 1. The van der Waals surface area contributed by atoms with E-state index in [1.807, 2.05) is 0 Å². The smallest absolute Gasteiger partial charge is 0.258 e. The molecule has 0 spiro atoms. The van der Waals surface area contributed by atoms with Gasteiger partial charge in [-0.25, -0.2) is 12.8 Å². The first-order chi connectivity index (χ1) is 9.79. The van der Waals surface area contributed by atoms with E-state index in [1.165, 1.54) is 24.3 Å². The van der Waals surface area contributed by atoms with Crippen LogP contribution in [-0.2, 0) is 9.84 Å². The lowest BCUT2D eigenvalue weighted by Crippen LogP contribution is -2.16. The zero-order chi connectivity index (χ0) is 15.6. The van der Waals surface area contributed by atoms with Gasteiger partial charge >= 0.3 is 0 Å². The minimum absolute atomic E-state index is 0.00795. The van der Waals surface area contributed by atoms with Crippen molar-refractivity contribution in [1.82, 2.24) is 0 Å². The van der Waals surface area contributed by atoms with E-state index in [0.29, 0.717) is 0 Å². The quantitative estimate of drug-likeness (QED) is 0.948. The van der Waals surface area contributed by atoms with Crippen molar-refractivity contribution in [3.63, 3.8) is 0 Å². The zero-order valence-corrected chi connectivity index (χ0v) is 12.4. The molecule has 0 saturated heterocycles. The molecule has 0 radical (unpaired) electrons. The second-order valence-corrected chi connectivity index (χ2v) is 6.69. The molecule has 0 fully saturated rings. The summed E-state index contributed by atoms with van der Waals surface area (Å²) in [7, 11) is -3.49. The van der Waals surface area contributed by atoms with Gasteiger partial charge in [-0.1, -0.05) is 23.8 Å². The van der Waals surface area contributed by atoms with Crippen molar-refractivity contribution in [2.45, 2.75) is 11.8 Å². The van der Waals surface area contributed by atoms with Crippen LogP contribution in [0.4, 0.5) is 10.1 Å². The van der Waals surface area contributed by atoms with Gasteiger partial charge in [-0.3, -0.25) is 4.79 Å². The SMILES string of the molecule is Cc1ccc(F)c(C(=O)Nc2ccccc2S(C)(=O)=O)c1. The maximum atomic E-state index is 13.7. The van der Waals surface area contributed by atoms with Gasteiger partial charge in [-0.15, -0.1) is 0 Å². The van der Waals surface area contributed by atoms with E-state index in [2.05, 4.69) is 5.32 Å². The highest BCUT2D eigenvalue weighted by molar-refractivity contribution is 7.90. The largest absolute Gasteiger partial charge is 0.321 e. The van der Waals surface area contributed by atoms with E-state index >= 15 is 0 Å². The number of sulfone groups is 1. The molecular weight excluding hydrogens is 293 g/mol. The van der Waals surface area contributed by atoms with Gasteiger partial charge in [-0.05, 0) is 31.2 Å². The standard InChI is InChI=1S/C15H14FNO3S/c1-10-7-8-12(16)11(9-10)15(18)17-13-5-3-4-6-14(13)21(2,19)20/h3-9H,1-2H3,(H,17,18). The molecule has 1 N–H and O–H groups in total. The van der Waals surface area contributed by atoms with Crippen LogP contribution in [-0.4, -0.2) is 20.6 Å². The average Bonchev–Trinajstić information content (AvgIpc) is 2.41. The Morgan fingerprint density at radius 3 is 2.48 bits per heavy atom. The highest BCUT2D eigenvalue weighted by atomic mass is 32.2. The van der Waals surface area contributed by atoms with E-state index in [0.717, 1.165) is 11.8 Å². The number of benzene rings is 2. The molecule has 4 nitrogen and oxygen atoms in total. The summed E-state index contributed by atoms with van der Waals surface area (Å²) >= 11 is 0. The van der Waals surface area contributed by atoms with Crippen molar-refractivity contribution >= 4 is 21.4 Å². The molecule has 6 heteroatoms. The van der Waals surface area contributed by atoms with Crippen LogP contribution in [0, 0.1) is 12.7 Å². The second-order valence-electron chi connectivity index (χ2n) is 4.71. The maximum Gasteiger partial charge on any atom is 0.258 e. The van der Waals surface area contributed by atoms with Crippen LogP contribution in [0.1, 0.15) is 15.9 Å². The van der Waals surface area contributed by atoms with Crippen molar-refractivity contribution in [3.8, 4) is 0 Å². The van der Waals surface area contributed by atoms with E-state index in [-0.39, 0.29) is 16.1 Å². The van der Waals surface area contributed by atoms with Gasteiger partial charge in [0.25, 0.3) is 5.91 Å². The Morgan fingerprint density at radius 1 is 1.14 bits per heavy atom. The molecule has 0 heterocycles. The fraction of sp³-hybridized carbons (Fsp3) is 0.133. The summed E-state index contributed by atoms with van der Waals surface area (Å²) < 4.78 is 37.0. The molecule has 0 atom stereocenters. The predicted molar refractivity (Wildman–Crippen MR) is 78.6 cm³/mol. The summed E-state index contributed by atoms with van der Waals surface area (Å²) in [4.78, 5) is 12.1. The maximum absolute atomic E-state index is 13.7. The van der Waals surface area contributed by atoms with Crippen molar-refractivity contribution < 1.29 is 17.6 Å². The highest BCUT2D eigenvalue weighted by Gasteiger charge is 2.17. The highest BCUT2D eigenvalue weighted by Crippen LogP contribution is 2.22. The van der Waals surface area contributed by atoms with Gasteiger partial charge in [-0.2, -0.15) is 0 Å². The molecule has 0 unspecified atom stereocenters. The Bertz CT molecular complexity index is 800. The third kappa shape index (κ3) is 3.46. The Morgan fingerprint density at radius 2 is 1.81 bits per heavy atom. The Kier molecular flexibility index (Phi) is 4.09. The molecule has 0 bridgehead atoms. The summed E-state index contributed by atoms with van der Waals surface area (Å²) in [5.41, 5.74) is 0.738. The molecule has 110 valence electrons. The third-order valence-electron chi connectivity index (χ3n) is 2.90. The lowest BCUT2D eigenvalue weighted by Gasteiger charge is -2.10. The number of carbonyl (C=O) groups excluding carboxylic acids is 1. The summed E-state index contributed by atoms with van der Waals surface area (Å²) in [5.74, 6) is -1.35. The second kappa shape index (κ2) is 5.65. The Labute approximate surface area is 122 Å². The fourth-order valence-corrected chi connectivity index (χ4v) is 2.74. The van der Waals surface area contributed by atoms with Crippen molar-refractivity contribution in [2.75, 3.05) is 11.6 Å². The first-order valence-electron chi connectivity index (χ1n) is 6.15. The van der Waals surface area contributed by atoms with E-state index in [1.54, 1.807) is 25.1 Å². The Hall–Kier alpha value is -2.21. The molecular formula is C15H14FNO3S. The van der Waals surface area contributed by atoms with Crippen LogP contribution >= 0.6 is 0 Å². The van der Waals surface area contributed by atoms with Crippen LogP contribution in [0.2, 0.25) is 0 Å². The number of anilines is 1.